The number of imidazole rings is 1. The summed E-state index contributed by atoms with van der Waals surface area (Å²) in [4.78, 5) is 19.3. The summed E-state index contributed by atoms with van der Waals surface area (Å²) >= 11 is 3.20. The summed E-state index contributed by atoms with van der Waals surface area (Å²) in [6.45, 7) is 0. The first-order chi connectivity index (χ1) is 6.72. The molecule has 0 atom stereocenters. The molecular weight excluding hydrogens is 250 g/mol. The number of hydrogen-bond acceptors (Lipinski definition) is 4. The lowest BCUT2D eigenvalue weighted by Crippen LogP contribution is -2.07. The van der Waals surface area contributed by atoms with Gasteiger partial charge in [-0.2, -0.15) is 0 Å². The maximum Gasteiger partial charge on any atom is 0.360 e. The number of halogens is 1. The summed E-state index contributed by atoms with van der Waals surface area (Å²) in [5, 5.41) is 0. The van der Waals surface area contributed by atoms with Crippen LogP contribution in [0.3, 0.4) is 0 Å². The molecule has 0 aliphatic heterocycles. The number of ether oxygens (including phenoxy) is 1. The Bertz CT molecular complexity index is 494. The maximum atomic E-state index is 11.3. The van der Waals surface area contributed by atoms with Gasteiger partial charge in [-0.15, -0.1) is 0 Å². The van der Waals surface area contributed by atoms with Gasteiger partial charge in [-0.25, -0.2) is 14.8 Å². The van der Waals surface area contributed by atoms with Crippen molar-refractivity contribution in [2.75, 3.05) is 7.11 Å². The van der Waals surface area contributed by atoms with Crippen molar-refractivity contribution in [3.05, 3.63) is 28.9 Å². The number of aromatic nitrogens is 3. The molecule has 0 spiro atoms. The highest BCUT2D eigenvalue weighted by Gasteiger charge is 2.14. The Morgan fingerprint density at radius 3 is 3.14 bits per heavy atom. The van der Waals surface area contributed by atoms with Gasteiger partial charge >= 0.3 is 5.97 Å². The number of carbonyl (C=O) groups excluding carboxylic acids is 1. The second-order valence-corrected chi connectivity index (χ2v) is 3.37. The second-order valence-electron chi connectivity index (χ2n) is 2.56. The average molecular weight is 256 g/mol. The van der Waals surface area contributed by atoms with Crippen LogP contribution in [0, 0.1) is 0 Å². The Labute approximate surface area is 87.9 Å². The predicted molar refractivity (Wildman–Crippen MR) is 52.0 cm³/mol. The monoisotopic (exact) mass is 255 g/mol. The third kappa shape index (κ3) is 1.37. The molecular formula is C8H6BrN3O2. The minimum absolute atomic E-state index is 0.201. The van der Waals surface area contributed by atoms with E-state index in [0.29, 0.717) is 10.3 Å². The van der Waals surface area contributed by atoms with Crippen LogP contribution in [-0.4, -0.2) is 27.4 Å². The van der Waals surface area contributed by atoms with Gasteiger partial charge < -0.3 is 9.14 Å². The van der Waals surface area contributed by atoms with E-state index < -0.39 is 5.97 Å². The zero-order chi connectivity index (χ0) is 10.1. The van der Waals surface area contributed by atoms with E-state index in [1.807, 2.05) is 0 Å². The summed E-state index contributed by atoms with van der Waals surface area (Å²) in [5.41, 5.74) is 0.687. The average Bonchev–Trinajstić information content (AvgIpc) is 2.62. The zero-order valence-corrected chi connectivity index (χ0v) is 8.85. The molecule has 0 N–H and O–H groups in total. The van der Waals surface area contributed by atoms with Gasteiger partial charge in [0.25, 0.3) is 0 Å². The topological polar surface area (TPSA) is 56.5 Å². The SMILES string of the molecule is COC(=O)c1nc(Br)cn2ccnc12. The first-order valence-electron chi connectivity index (χ1n) is 3.80. The molecule has 2 aromatic rings. The molecule has 0 amide bonds. The molecule has 2 heterocycles. The molecule has 0 saturated carbocycles. The molecule has 0 unspecified atom stereocenters. The molecule has 2 aromatic heterocycles. The van der Waals surface area contributed by atoms with Crippen LogP contribution >= 0.6 is 15.9 Å². The van der Waals surface area contributed by atoms with E-state index in [0.717, 1.165) is 0 Å². The fourth-order valence-corrected chi connectivity index (χ4v) is 1.53. The highest BCUT2D eigenvalue weighted by Crippen LogP contribution is 2.12. The first-order valence-corrected chi connectivity index (χ1v) is 4.59. The van der Waals surface area contributed by atoms with Gasteiger partial charge in [-0.3, -0.25) is 0 Å². The van der Waals surface area contributed by atoms with Crippen LogP contribution in [0.2, 0.25) is 0 Å². The van der Waals surface area contributed by atoms with E-state index in [1.54, 1.807) is 23.0 Å². The second kappa shape index (κ2) is 3.38. The van der Waals surface area contributed by atoms with E-state index in [1.165, 1.54) is 7.11 Å². The predicted octanol–water partition coefficient (Wildman–Crippen LogP) is 1.28. The van der Waals surface area contributed by atoms with Crippen molar-refractivity contribution in [2.24, 2.45) is 0 Å². The van der Waals surface area contributed by atoms with Gasteiger partial charge in [-0.05, 0) is 15.9 Å². The van der Waals surface area contributed by atoms with Crippen LogP contribution in [0.15, 0.2) is 23.2 Å². The fourth-order valence-electron chi connectivity index (χ4n) is 1.13. The van der Waals surface area contributed by atoms with Crippen molar-refractivity contribution in [1.82, 2.24) is 14.4 Å². The lowest BCUT2D eigenvalue weighted by atomic mass is 10.4. The number of rotatable bonds is 1. The molecule has 0 bridgehead atoms. The molecule has 72 valence electrons. The lowest BCUT2D eigenvalue weighted by molar-refractivity contribution is 0.0595. The van der Waals surface area contributed by atoms with Crippen molar-refractivity contribution in [3.63, 3.8) is 0 Å². The summed E-state index contributed by atoms with van der Waals surface area (Å²) in [6.07, 6.45) is 5.04. The van der Waals surface area contributed by atoms with Crippen molar-refractivity contribution in [3.8, 4) is 0 Å². The number of fused-ring (bicyclic) bond motifs is 1. The summed E-state index contributed by atoms with van der Waals surface area (Å²) in [7, 11) is 1.31. The van der Waals surface area contributed by atoms with Crippen LogP contribution in [0.5, 0.6) is 0 Å². The van der Waals surface area contributed by atoms with E-state index in [2.05, 4.69) is 30.6 Å². The van der Waals surface area contributed by atoms with Crippen LogP contribution in [0.4, 0.5) is 0 Å². The number of nitrogens with zero attached hydrogens (tertiary/aromatic N) is 3. The Balaban J connectivity index is 2.72. The van der Waals surface area contributed by atoms with Crippen molar-refractivity contribution < 1.29 is 9.53 Å². The molecule has 0 aliphatic carbocycles. The van der Waals surface area contributed by atoms with E-state index in [4.69, 9.17) is 0 Å². The van der Waals surface area contributed by atoms with Gasteiger partial charge in [-0.1, -0.05) is 0 Å². The van der Waals surface area contributed by atoms with Gasteiger partial charge in [0.1, 0.15) is 4.60 Å². The highest BCUT2D eigenvalue weighted by molar-refractivity contribution is 9.10. The van der Waals surface area contributed by atoms with E-state index in [9.17, 15) is 4.79 Å². The molecule has 0 saturated heterocycles. The summed E-state index contributed by atoms with van der Waals surface area (Å²) in [6, 6.07) is 0. The largest absolute Gasteiger partial charge is 0.464 e. The molecule has 2 rings (SSSR count). The highest BCUT2D eigenvalue weighted by atomic mass is 79.9. The number of esters is 1. The van der Waals surface area contributed by atoms with Gasteiger partial charge in [0.05, 0.1) is 7.11 Å². The molecule has 5 nitrogen and oxygen atoms in total. The minimum Gasteiger partial charge on any atom is -0.464 e. The van der Waals surface area contributed by atoms with E-state index in [-0.39, 0.29) is 5.69 Å². The van der Waals surface area contributed by atoms with Gasteiger partial charge in [0, 0.05) is 18.6 Å². The van der Waals surface area contributed by atoms with Crippen LogP contribution in [0.25, 0.3) is 5.65 Å². The standard InChI is InChI=1S/C8H6BrN3O2/c1-14-8(13)6-7-10-2-3-12(7)4-5(9)11-6/h2-4H,1H3. The first kappa shape index (κ1) is 9.14. The lowest BCUT2D eigenvalue weighted by Gasteiger charge is -2.01. The third-order valence-corrected chi connectivity index (χ3v) is 2.11. The molecule has 0 radical (unpaired) electrons. The van der Waals surface area contributed by atoms with Crippen LogP contribution in [0.1, 0.15) is 10.5 Å². The summed E-state index contributed by atoms with van der Waals surface area (Å²) in [5.74, 6) is -0.498. The number of hydrogen-bond donors (Lipinski definition) is 0. The molecule has 0 aromatic carbocycles. The van der Waals surface area contributed by atoms with Crippen molar-refractivity contribution in [1.29, 1.82) is 0 Å². The Morgan fingerprint density at radius 1 is 1.64 bits per heavy atom. The van der Waals surface area contributed by atoms with Crippen molar-refractivity contribution >= 4 is 27.5 Å². The molecule has 14 heavy (non-hydrogen) atoms. The molecule has 0 aliphatic rings. The quantitative estimate of drug-likeness (QED) is 0.721. The van der Waals surface area contributed by atoms with E-state index >= 15 is 0 Å². The normalized spacial score (nSPS) is 10.4. The number of methoxy groups -OCH3 is 1. The zero-order valence-electron chi connectivity index (χ0n) is 7.27. The minimum atomic E-state index is -0.498. The third-order valence-electron chi connectivity index (χ3n) is 1.72. The summed E-state index contributed by atoms with van der Waals surface area (Å²) < 4.78 is 6.85. The molecule has 6 heteroatoms. The van der Waals surface area contributed by atoms with Gasteiger partial charge in [0.2, 0.25) is 0 Å². The van der Waals surface area contributed by atoms with Crippen molar-refractivity contribution in [2.45, 2.75) is 0 Å². The maximum absolute atomic E-state index is 11.3. The smallest absolute Gasteiger partial charge is 0.360 e. The molecule has 0 fully saturated rings. The Morgan fingerprint density at radius 2 is 2.43 bits per heavy atom. The van der Waals surface area contributed by atoms with Crippen LogP contribution in [-0.2, 0) is 4.74 Å². The fraction of sp³-hybridized carbons (Fsp3) is 0.125. The van der Waals surface area contributed by atoms with Gasteiger partial charge in [0.15, 0.2) is 11.3 Å². The number of carbonyl (C=O) groups is 1. The van der Waals surface area contributed by atoms with Crippen LogP contribution < -0.4 is 0 Å². The Hall–Kier alpha value is -1.43. The Kier molecular flexibility index (Phi) is 2.20.